The molecule has 0 aliphatic rings. The molecule has 0 fully saturated rings. The zero-order chi connectivity index (χ0) is 17.3. The molecule has 0 saturated carbocycles. The van der Waals surface area contributed by atoms with Gasteiger partial charge in [0.05, 0.1) is 4.90 Å². The van der Waals surface area contributed by atoms with Crippen LogP contribution < -0.4 is 0 Å². The SMILES string of the molecule is N#C/C(=C\c1c(Cl)[nH]c2ccccc12)S(=O)(=O)c1ccc(Cl)cc1. The number of allylic oxidation sites excluding steroid dienone is 1. The van der Waals surface area contributed by atoms with Crippen molar-refractivity contribution < 1.29 is 8.42 Å². The molecule has 2 aromatic carbocycles. The highest BCUT2D eigenvalue weighted by atomic mass is 35.5. The van der Waals surface area contributed by atoms with Crippen molar-refractivity contribution in [2.45, 2.75) is 4.90 Å². The Morgan fingerprint density at radius 2 is 1.75 bits per heavy atom. The van der Waals surface area contributed by atoms with Gasteiger partial charge in [-0.2, -0.15) is 5.26 Å². The number of rotatable bonds is 3. The molecule has 0 atom stereocenters. The van der Waals surface area contributed by atoms with Gasteiger partial charge in [-0.05, 0) is 36.4 Å². The molecule has 0 amide bonds. The fraction of sp³-hybridized carbons (Fsp3) is 0. The van der Waals surface area contributed by atoms with E-state index in [2.05, 4.69) is 4.98 Å². The van der Waals surface area contributed by atoms with E-state index >= 15 is 0 Å². The van der Waals surface area contributed by atoms with Crippen molar-refractivity contribution in [2.24, 2.45) is 0 Å². The van der Waals surface area contributed by atoms with Gasteiger partial charge in [-0.25, -0.2) is 8.42 Å². The minimum atomic E-state index is -3.96. The zero-order valence-corrected chi connectivity index (χ0v) is 14.5. The summed E-state index contributed by atoms with van der Waals surface area (Å²) in [6, 6.07) is 14.7. The van der Waals surface area contributed by atoms with Crippen molar-refractivity contribution in [3.63, 3.8) is 0 Å². The van der Waals surface area contributed by atoms with Gasteiger partial charge in [-0.1, -0.05) is 41.4 Å². The molecule has 0 aliphatic heterocycles. The minimum Gasteiger partial charge on any atom is -0.345 e. The summed E-state index contributed by atoms with van der Waals surface area (Å²) in [5, 5.41) is 10.8. The van der Waals surface area contributed by atoms with Crippen molar-refractivity contribution >= 4 is 50.0 Å². The molecule has 24 heavy (non-hydrogen) atoms. The number of benzene rings is 2. The minimum absolute atomic E-state index is 0.00402. The van der Waals surface area contributed by atoms with Crippen molar-refractivity contribution in [1.82, 2.24) is 4.98 Å². The number of nitrogens with one attached hydrogen (secondary N) is 1. The van der Waals surface area contributed by atoms with Crippen LogP contribution in [0.4, 0.5) is 0 Å². The van der Waals surface area contributed by atoms with Gasteiger partial charge in [-0.3, -0.25) is 0 Å². The standard InChI is InChI=1S/C17H10Cl2N2O2S/c18-11-5-7-12(8-6-11)24(22,23)13(10-20)9-15-14-3-1-2-4-16(14)21-17(15)19/h1-9,21H/b13-9+. The van der Waals surface area contributed by atoms with Crippen LogP contribution in [0.25, 0.3) is 17.0 Å². The lowest BCUT2D eigenvalue weighted by Crippen LogP contribution is -2.03. The fourth-order valence-corrected chi connectivity index (χ4v) is 3.84. The quantitative estimate of drug-likeness (QED) is 0.666. The van der Waals surface area contributed by atoms with Crippen LogP contribution in [0.2, 0.25) is 10.2 Å². The van der Waals surface area contributed by atoms with E-state index in [-0.39, 0.29) is 10.0 Å². The predicted molar refractivity (Wildman–Crippen MR) is 95.5 cm³/mol. The number of H-pyrrole nitrogens is 1. The first-order valence-electron chi connectivity index (χ1n) is 6.82. The molecule has 4 nitrogen and oxygen atoms in total. The number of hydrogen-bond acceptors (Lipinski definition) is 3. The molecule has 3 rings (SSSR count). The smallest absolute Gasteiger partial charge is 0.216 e. The van der Waals surface area contributed by atoms with E-state index in [1.807, 2.05) is 18.2 Å². The Hall–Kier alpha value is -2.26. The third-order valence-corrected chi connectivity index (χ3v) is 5.73. The molecule has 0 bridgehead atoms. The number of para-hydroxylation sites is 1. The highest BCUT2D eigenvalue weighted by Crippen LogP contribution is 2.30. The zero-order valence-electron chi connectivity index (χ0n) is 12.1. The average Bonchev–Trinajstić information content (AvgIpc) is 2.88. The molecule has 1 aromatic heterocycles. The van der Waals surface area contributed by atoms with Gasteiger partial charge in [-0.15, -0.1) is 0 Å². The maximum atomic E-state index is 12.7. The Morgan fingerprint density at radius 1 is 1.08 bits per heavy atom. The van der Waals surface area contributed by atoms with Crippen LogP contribution in [0.1, 0.15) is 5.56 Å². The van der Waals surface area contributed by atoms with Gasteiger partial charge in [0.15, 0.2) is 0 Å². The number of nitrogens with zero attached hydrogens (tertiary/aromatic N) is 1. The third-order valence-electron chi connectivity index (χ3n) is 3.50. The molecule has 120 valence electrons. The van der Waals surface area contributed by atoms with Crippen LogP contribution in [-0.4, -0.2) is 13.4 Å². The lowest BCUT2D eigenvalue weighted by molar-refractivity contribution is 0.603. The molecule has 3 aromatic rings. The first-order chi connectivity index (χ1) is 11.4. The van der Waals surface area contributed by atoms with Gasteiger partial charge in [0.25, 0.3) is 0 Å². The number of aromatic amines is 1. The summed E-state index contributed by atoms with van der Waals surface area (Å²) in [7, 11) is -3.96. The summed E-state index contributed by atoms with van der Waals surface area (Å²) >= 11 is 11.9. The highest BCUT2D eigenvalue weighted by molar-refractivity contribution is 7.95. The van der Waals surface area contributed by atoms with Gasteiger partial charge >= 0.3 is 0 Å². The number of nitriles is 1. The van der Waals surface area contributed by atoms with Crippen molar-refractivity contribution in [3.05, 3.63) is 69.2 Å². The van der Waals surface area contributed by atoms with E-state index in [0.29, 0.717) is 10.6 Å². The van der Waals surface area contributed by atoms with E-state index in [0.717, 1.165) is 10.9 Å². The maximum Gasteiger partial charge on any atom is 0.216 e. The second-order valence-corrected chi connectivity index (χ2v) is 7.71. The Labute approximate surface area is 148 Å². The van der Waals surface area contributed by atoms with Crippen LogP contribution in [-0.2, 0) is 9.84 Å². The summed E-state index contributed by atoms with van der Waals surface area (Å²) < 4.78 is 25.3. The van der Waals surface area contributed by atoms with Gasteiger partial charge < -0.3 is 4.98 Å². The number of hydrogen-bond donors (Lipinski definition) is 1. The third kappa shape index (κ3) is 2.92. The summed E-state index contributed by atoms with van der Waals surface area (Å²) in [6.45, 7) is 0. The molecule has 7 heteroatoms. The van der Waals surface area contributed by atoms with E-state index in [9.17, 15) is 13.7 Å². The lowest BCUT2D eigenvalue weighted by atomic mass is 10.1. The first kappa shape index (κ1) is 16.6. The van der Waals surface area contributed by atoms with Crippen LogP contribution in [0.15, 0.2) is 58.3 Å². The van der Waals surface area contributed by atoms with Crippen molar-refractivity contribution in [2.75, 3.05) is 0 Å². The van der Waals surface area contributed by atoms with Gasteiger partial charge in [0.1, 0.15) is 16.1 Å². The topological polar surface area (TPSA) is 73.7 Å². The number of sulfone groups is 1. The molecule has 1 N–H and O–H groups in total. The lowest BCUT2D eigenvalue weighted by Gasteiger charge is -2.03. The van der Waals surface area contributed by atoms with Gasteiger partial charge in [0, 0.05) is 21.5 Å². The average molecular weight is 377 g/mol. The number of fused-ring (bicyclic) bond motifs is 1. The molecule has 0 aliphatic carbocycles. The van der Waals surface area contributed by atoms with E-state index < -0.39 is 14.7 Å². The summed E-state index contributed by atoms with van der Waals surface area (Å²) in [4.78, 5) is 2.56. The predicted octanol–water partition coefficient (Wildman–Crippen LogP) is 4.81. The van der Waals surface area contributed by atoms with E-state index in [4.69, 9.17) is 23.2 Å². The highest BCUT2D eigenvalue weighted by Gasteiger charge is 2.22. The summed E-state index contributed by atoms with van der Waals surface area (Å²) in [6.07, 6.45) is 1.28. The van der Waals surface area contributed by atoms with Crippen molar-refractivity contribution in [1.29, 1.82) is 5.26 Å². The van der Waals surface area contributed by atoms with Crippen LogP contribution >= 0.6 is 23.2 Å². The Kier molecular flexibility index (Phi) is 4.37. The molecule has 0 saturated heterocycles. The van der Waals surface area contributed by atoms with Crippen molar-refractivity contribution in [3.8, 4) is 6.07 Å². The number of halogens is 2. The Bertz CT molecular complexity index is 1090. The second kappa shape index (κ2) is 6.33. The van der Waals surface area contributed by atoms with Gasteiger partial charge in [0.2, 0.25) is 9.84 Å². The summed E-state index contributed by atoms with van der Waals surface area (Å²) in [5.74, 6) is 0. The summed E-state index contributed by atoms with van der Waals surface area (Å²) in [5.41, 5.74) is 1.22. The second-order valence-electron chi connectivity index (χ2n) is 4.98. The molecular weight excluding hydrogens is 367 g/mol. The largest absolute Gasteiger partial charge is 0.345 e. The molecule has 0 spiro atoms. The van der Waals surface area contributed by atoms with Crippen LogP contribution in [0.3, 0.4) is 0 Å². The van der Waals surface area contributed by atoms with Crippen LogP contribution in [0, 0.1) is 11.3 Å². The number of aromatic nitrogens is 1. The molecule has 0 radical (unpaired) electrons. The Balaban J connectivity index is 2.17. The molecule has 1 heterocycles. The normalized spacial score (nSPS) is 12.3. The van der Waals surface area contributed by atoms with Crippen LogP contribution in [0.5, 0.6) is 0 Å². The first-order valence-corrected chi connectivity index (χ1v) is 9.06. The van der Waals surface area contributed by atoms with E-state index in [1.54, 1.807) is 12.1 Å². The maximum absolute atomic E-state index is 12.7. The monoisotopic (exact) mass is 376 g/mol. The molecular formula is C17H10Cl2N2O2S. The fourth-order valence-electron chi connectivity index (χ4n) is 2.31. The molecule has 0 unspecified atom stereocenters. The Morgan fingerprint density at radius 3 is 2.42 bits per heavy atom. The van der Waals surface area contributed by atoms with E-state index in [1.165, 1.54) is 30.3 Å².